The molecule has 0 aliphatic heterocycles. The van der Waals surface area contributed by atoms with Crippen LogP contribution in [0.3, 0.4) is 0 Å². The molecule has 16 heavy (non-hydrogen) atoms. The van der Waals surface area contributed by atoms with Crippen LogP contribution < -0.4 is 11.2 Å². The van der Waals surface area contributed by atoms with Crippen LogP contribution in [0.25, 0.3) is 0 Å². The SMILES string of the molecule is O=c1ccn(C#Cc2ccccc2)c(=O)[nH]1. The van der Waals surface area contributed by atoms with Crippen LogP contribution in [0, 0.1) is 12.0 Å². The van der Waals surface area contributed by atoms with Crippen molar-refractivity contribution in [3.63, 3.8) is 0 Å². The fourth-order valence-electron chi connectivity index (χ4n) is 1.15. The molecular weight excluding hydrogens is 204 g/mol. The first kappa shape index (κ1) is 9.99. The van der Waals surface area contributed by atoms with Gasteiger partial charge in [0.15, 0.2) is 0 Å². The van der Waals surface area contributed by atoms with Gasteiger partial charge in [-0.05, 0) is 18.1 Å². The molecule has 0 atom stereocenters. The highest BCUT2D eigenvalue weighted by atomic mass is 16.2. The van der Waals surface area contributed by atoms with Gasteiger partial charge in [0.2, 0.25) is 0 Å². The van der Waals surface area contributed by atoms with E-state index < -0.39 is 11.2 Å². The molecule has 2 rings (SSSR count). The minimum atomic E-state index is -0.532. The molecule has 2 aromatic rings. The first-order valence-electron chi connectivity index (χ1n) is 4.65. The Morgan fingerprint density at radius 2 is 1.81 bits per heavy atom. The van der Waals surface area contributed by atoms with Gasteiger partial charge < -0.3 is 0 Å². The Bertz CT molecular complexity index is 657. The van der Waals surface area contributed by atoms with E-state index in [0.717, 1.165) is 10.1 Å². The smallest absolute Gasteiger partial charge is 0.273 e. The largest absolute Gasteiger partial charge is 0.340 e. The average Bonchev–Trinajstić information content (AvgIpc) is 2.29. The number of nitrogens with one attached hydrogen (secondary N) is 1. The molecule has 1 N–H and O–H groups in total. The third-order valence-electron chi connectivity index (χ3n) is 1.92. The minimum absolute atomic E-state index is 0.428. The van der Waals surface area contributed by atoms with Gasteiger partial charge in [-0.3, -0.25) is 9.78 Å². The summed E-state index contributed by atoms with van der Waals surface area (Å²) in [6, 6.07) is 13.2. The summed E-state index contributed by atoms with van der Waals surface area (Å²) in [6.45, 7) is 0. The Hall–Kier alpha value is -2.54. The highest BCUT2D eigenvalue weighted by Gasteiger charge is 1.90. The van der Waals surface area contributed by atoms with Gasteiger partial charge in [0.25, 0.3) is 5.56 Å². The van der Waals surface area contributed by atoms with Gasteiger partial charge in [0.05, 0.1) is 0 Å². The molecule has 0 saturated heterocycles. The summed E-state index contributed by atoms with van der Waals surface area (Å²) >= 11 is 0. The fourth-order valence-corrected chi connectivity index (χ4v) is 1.15. The van der Waals surface area contributed by atoms with E-state index >= 15 is 0 Å². The molecule has 0 aliphatic carbocycles. The molecule has 0 aliphatic rings. The van der Waals surface area contributed by atoms with Crippen LogP contribution in [0.2, 0.25) is 0 Å². The van der Waals surface area contributed by atoms with Crippen molar-refractivity contribution in [2.45, 2.75) is 0 Å². The number of nitrogens with zero attached hydrogens (tertiary/aromatic N) is 1. The third-order valence-corrected chi connectivity index (χ3v) is 1.92. The molecule has 1 aromatic carbocycles. The first-order valence-corrected chi connectivity index (χ1v) is 4.65. The van der Waals surface area contributed by atoms with Crippen LogP contribution in [-0.2, 0) is 0 Å². The lowest BCUT2D eigenvalue weighted by Crippen LogP contribution is -2.26. The molecule has 0 saturated carbocycles. The summed E-state index contributed by atoms with van der Waals surface area (Å²) in [7, 11) is 0. The molecule has 0 spiro atoms. The van der Waals surface area contributed by atoms with E-state index in [0.29, 0.717) is 0 Å². The van der Waals surface area contributed by atoms with Crippen LogP contribution in [0.4, 0.5) is 0 Å². The van der Waals surface area contributed by atoms with E-state index in [-0.39, 0.29) is 0 Å². The van der Waals surface area contributed by atoms with Crippen molar-refractivity contribution in [1.29, 1.82) is 0 Å². The normalized spacial score (nSPS) is 9.25. The standard InChI is InChI=1S/C12H8N2O2/c15-11-7-9-14(12(16)13-11)8-6-10-4-2-1-3-5-10/h1-5,7,9H,(H,13,15,16). The molecule has 0 bridgehead atoms. The van der Waals surface area contributed by atoms with Crippen molar-refractivity contribution < 1.29 is 0 Å². The van der Waals surface area contributed by atoms with E-state index in [9.17, 15) is 9.59 Å². The zero-order chi connectivity index (χ0) is 11.4. The first-order chi connectivity index (χ1) is 7.75. The van der Waals surface area contributed by atoms with Gasteiger partial charge in [-0.1, -0.05) is 18.2 Å². The van der Waals surface area contributed by atoms with Gasteiger partial charge in [0, 0.05) is 23.9 Å². The van der Waals surface area contributed by atoms with Gasteiger partial charge >= 0.3 is 5.69 Å². The molecule has 1 aromatic heterocycles. The quantitative estimate of drug-likeness (QED) is 0.642. The van der Waals surface area contributed by atoms with E-state index in [4.69, 9.17) is 0 Å². The van der Waals surface area contributed by atoms with Crippen molar-refractivity contribution in [2.75, 3.05) is 0 Å². The lowest BCUT2D eigenvalue weighted by Gasteiger charge is -1.91. The second-order valence-corrected chi connectivity index (χ2v) is 3.08. The summed E-state index contributed by atoms with van der Waals surface area (Å²) in [5.41, 5.74) is -0.153. The van der Waals surface area contributed by atoms with Gasteiger partial charge in [0.1, 0.15) is 0 Å². The molecule has 0 fully saturated rings. The zero-order valence-electron chi connectivity index (χ0n) is 8.31. The van der Waals surface area contributed by atoms with E-state index in [1.165, 1.54) is 12.3 Å². The summed E-state index contributed by atoms with van der Waals surface area (Å²) in [5, 5.41) is 0. The number of hydrogen-bond donors (Lipinski definition) is 1. The average molecular weight is 212 g/mol. The Balaban J connectivity index is 2.39. The zero-order valence-corrected chi connectivity index (χ0v) is 8.31. The maximum atomic E-state index is 11.3. The molecular formula is C12H8N2O2. The second-order valence-electron chi connectivity index (χ2n) is 3.08. The Morgan fingerprint density at radius 1 is 1.06 bits per heavy atom. The van der Waals surface area contributed by atoms with Crippen molar-refractivity contribution in [1.82, 2.24) is 9.55 Å². The molecule has 0 amide bonds. The third kappa shape index (κ3) is 2.28. The maximum Gasteiger partial charge on any atom is 0.340 e. The van der Waals surface area contributed by atoms with E-state index in [1.807, 2.05) is 30.3 Å². The highest BCUT2D eigenvalue weighted by molar-refractivity contribution is 5.33. The summed E-state index contributed by atoms with van der Waals surface area (Å²) in [5.74, 6) is 2.81. The van der Waals surface area contributed by atoms with Gasteiger partial charge in [-0.2, -0.15) is 0 Å². The van der Waals surface area contributed by atoms with Crippen molar-refractivity contribution in [3.8, 4) is 12.0 Å². The predicted octanol–water partition coefficient (Wildman–Crippen LogP) is 0.394. The number of rotatable bonds is 0. The lowest BCUT2D eigenvalue weighted by atomic mass is 10.2. The van der Waals surface area contributed by atoms with E-state index in [2.05, 4.69) is 16.9 Å². The number of aromatic nitrogens is 2. The van der Waals surface area contributed by atoms with Crippen molar-refractivity contribution >= 4 is 0 Å². The van der Waals surface area contributed by atoms with Crippen LogP contribution in [0.1, 0.15) is 5.56 Å². The Labute approximate surface area is 91.2 Å². The molecule has 0 unspecified atom stereocenters. The number of H-pyrrole nitrogens is 1. The topological polar surface area (TPSA) is 54.9 Å². The maximum absolute atomic E-state index is 11.3. The lowest BCUT2D eigenvalue weighted by molar-refractivity contribution is 0.924. The van der Waals surface area contributed by atoms with Gasteiger partial charge in [-0.15, -0.1) is 0 Å². The second kappa shape index (κ2) is 4.32. The Morgan fingerprint density at radius 3 is 2.50 bits per heavy atom. The van der Waals surface area contributed by atoms with Crippen LogP contribution in [-0.4, -0.2) is 9.55 Å². The van der Waals surface area contributed by atoms with Crippen molar-refractivity contribution in [3.05, 3.63) is 69.0 Å². The Kier molecular flexibility index (Phi) is 2.70. The molecule has 4 heteroatoms. The van der Waals surface area contributed by atoms with E-state index in [1.54, 1.807) is 0 Å². The van der Waals surface area contributed by atoms with Crippen LogP contribution in [0.15, 0.2) is 52.2 Å². The van der Waals surface area contributed by atoms with Gasteiger partial charge in [-0.25, -0.2) is 9.36 Å². The number of benzene rings is 1. The molecule has 78 valence electrons. The molecule has 1 heterocycles. The van der Waals surface area contributed by atoms with Crippen LogP contribution >= 0.6 is 0 Å². The highest BCUT2D eigenvalue weighted by Crippen LogP contribution is 1.94. The molecule has 0 radical (unpaired) electrons. The summed E-state index contributed by atoms with van der Waals surface area (Å²) < 4.78 is 1.13. The van der Waals surface area contributed by atoms with Crippen LogP contribution in [0.5, 0.6) is 0 Å². The number of aromatic amines is 1. The fraction of sp³-hybridized carbons (Fsp3) is 0. The minimum Gasteiger partial charge on any atom is -0.273 e. The monoisotopic (exact) mass is 212 g/mol. The number of hydrogen-bond acceptors (Lipinski definition) is 2. The van der Waals surface area contributed by atoms with Crippen molar-refractivity contribution in [2.24, 2.45) is 0 Å². The predicted molar refractivity (Wildman–Crippen MR) is 60.0 cm³/mol. The summed E-state index contributed by atoms with van der Waals surface area (Å²) in [4.78, 5) is 24.2. The summed E-state index contributed by atoms with van der Waals surface area (Å²) in [6.07, 6.45) is 1.34. The molecule has 4 nitrogen and oxygen atoms in total.